The van der Waals surface area contributed by atoms with Gasteiger partial charge in [0.2, 0.25) is 0 Å². The number of hydrogen-bond acceptors (Lipinski definition) is 2. The van der Waals surface area contributed by atoms with E-state index in [9.17, 15) is 18.0 Å². The van der Waals surface area contributed by atoms with Crippen LogP contribution in [-0.2, 0) is 9.53 Å². The lowest BCUT2D eigenvalue weighted by Crippen LogP contribution is -2.33. The first-order valence-electron chi connectivity index (χ1n) is 2.78. The van der Waals surface area contributed by atoms with Gasteiger partial charge in [-0.15, -0.1) is 0 Å². The second-order valence-electron chi connectivity index (χ2n) is 2.65. The molecule has 0 aliphatic rings. The van der Waals surface area contributed by atoms with Gasteiger partial charge in [-0.3, -0.25) is 0 Å². The van der Waals surface area contributed by atoms with Crippen LogP contribution in [0.1, 0.15) is 13.8 Å². The molecule has 0 aliphatic heterocycles. The zero-order valence-corrected chi connectivity index (χ0v) is 6.16. The van der Waals surface area contributed by atoms with Gasteiger partial charge in [0.25, 0.3) is 0 Å². The first kappa shape index (κ1) is 10.3. The Morgan fingerprint density at radius 3 is 1.82 bits per heavy atom. The normalized spacial score (nSPS) is 12.9. The average molecular weight is 169 g/mol. The minimum atomic E-state index is -4.94. The monoisotopic (exact) mass is 169 g/mol. The molecule has 0 heterocycles. The van der Waals surface area contributed by atoms with Gasteiger partial charge in [0.05, 0.1) is 0 Å². The lowest BCUT2D eigenvalue weighted by molar-refractivity contribution is -0.208. The van der Waals surface area contributed by atoms with Crippen molar-refractivity contribution in [3.8, 4) is 0 Å². The van der Waals surface area contributed by atoms with E-state index in [2.05, 4.69) is 11.7 Å². The van der Waals surface area contributed by atoms with Crippen molar-refractivity contribution in [2.45, 2.75) is 25.6 Å². The van der Waals surface area contributed by atoms with Crippen molar-refractivity contribution in [2.24, 2.45) is 0 Å². The number of ether oxygens (including phenoxy) is 1. The highest BCUT2D eigenvalue weighted by Crippen LogP contribution is 2.20. The van der Waals surface area contributed by atoms with E-state index in [0.29, 0.717) is 0 Å². The molecule has 0 aromatic carbocycles. The Kier molecular flexibility index (Phi) is 2.53. The molecule has 0 saturated heterocycles. The topological polar surface area (TPSA) is 26.3 Å². The SMILES string of the molecule is [CH2]C(C)(C)OC(=O)C(F)(F)F. The minimum absolute atomic E-state index is 1.26. The summed E-state index contributed by atoms with van der Waals surface area (Å²) in [5, 5.41) is 0. The van der Waals surface area contributed by atoms with Gasteiger partial charge in [-0.25, -0.2) is 4.79 Å². The number of halogens is 3. The van der Waals surface area contributed by atoms with E-state index < -0.39 is 17.7 Å². The summed E-state index contributed by atoms with van der Waals surface area (Å²) in [4.78, 5) is 10.1. The van der Waals surface area contributed by atoms with E-state index in [1.54, 1.807) is 0 Å². The number of carbonyl (C=O) groups excluding carboxylic acids is 1. The van der Waals surface area contributed by atoms with Gasteiger partial charge < -0.3 is 4.74 Å². The smallest absolute Gasteiger partial charge is 0.453 e. The molecular weight excluding hydrogens is 161 g/mol. The second-order valence-corrected chi connectivity index (χ2v) is 2.65. The van der Waals surface area contributed by atoms with E-state index in [0.717, 1.165) is 0 Å². The zero-order chi connectivity index (χ0) is 9.28. The van der Waals surface area contributed by atoms with Gasteiger partial charge in [-0.2, -0.15) is 13.2 Å². The van der Waals surface area contributed by atoms with Crippen LogP contribution >= 0.6 is 0 Å². The standard InChI is InChI=1S/C6H8F3O2/c1-5(2,3)11-4(10)6(7,8)9/h1H2,2-3H3. The van der Waals surface area contributed by atoms with Crippen LogP contribution in [0, 0.1) is 6.92 Å². The fraction of sp³-hybridized carbons (Fsp3) is 0.667. The Hall–Kier alpha value is -0.740. The third-order valence-corrected chi connectivity index (χ3v) is 0.600. The van der Waals surface area contributed by atoms with Crippen molar-refractivity contribution in [3.05, 3.63) is 6.92 Å². The Labute approximate surface area is 62.3 Å². The van der Waals surface area contributed by atoms with E-state index >= 15 is 0 Å². The molecule has 0 atom stereocenters. The van der Waals surface area contributed by atoms with Crippen LogP contribution in [0.4, 0.5) is 13.2 Å². The molecule has 0 N–H and O–H groups in total. The number of esters is 1. The summed E-state index contributed by atoms with van der Waals surface area (Å²) in [7, 11) is 0. The molecule has 0 saturated carbocycles. The Morgan fingerprint density at radius 1 is 1.36 bits per heavy atom. The molecule has 0 rings (SSSR count). The summed E-state index contributed by atoms with van der Waals surface area (Å²) in [6.07, 6.45) is -4.94. The summed E-state index contributed by atoms with van der Waals surface area (Å²) in [5.41, 5.74) is -1.34. The molecule has 0 unspecified atom stereocenters. The Morgan fingerprint density at radius 2 is 1.73 bits per heavy atom. The highest BCUT2D eigenvalue weighted by atomic mass is 19.4. The van der Waals surface area contributed by atoms with Gasteiger partial charge in [-0.1, -0.05) is 0 Å². The molecule has 5 heteroatoms. The number of hydrogen-bond donors (Lipinski definition) is 0. The molecule has 0 fully saturated rings. The third kappa shape index (κ3) is 4.64. The van der Waals surface area contributed by atoms with E-state index in [1.165, 1.54) is 13.8 Å². The second kappa shape index (κ2) is 2.71. The largest absolute Gasteiger partial charge is 0.490 e. The lowest BCUT2D eigenvalue weighted by atomic mass is 10.2. The average Bonchev–Trinajstić information content (AvgIpc) is 1.56. The zero-order valence-electron chi connectivity index (χ0n) is 6.16. The fourth-order valence-electron chi connectivity index (χ4n) is 0.309. The number of alkyl halides is 3. The van der Waals surface area contributed by atoms with E-state index in [-0.39, 0.29) is 0 Å². The van der Waals surface area contributed by atoms with E-state index in [1.807, 2.05) is 0 Å². The van der Waals surface area contributed by atoms with Gasteiger partial charge >= 0.3 is 12.1 Å². The van der Waals surface area contributed by atoms with Crippen LogP contribution in [0.2, 0.25) is 0 Å². The quantitative estimate of drug-likeness (QED) is 0.558. The van der Waals surface area contributed by atoms with Crippen molar-refractivity contribution in [1.82, 2.24) is 0 Å². The van der Waals surface area contributed by atoms with Crippen LogP contribution < -0.4 is 0 Å². The van der Waals surface area contributed by atoms with Crippen LogP contribution in [-0.4, -0.2) is 17.7 Å². The van der Waals surface area contributed by atoms with Crippen molar-refractivity contribution in [2.75, 3.05) is 0 Å². The van der Waals surface area contributed by atoms with Crippen LogP contribution in [0.25, 0.3) is 0 Å². The molecule has 2 nitrogen and oxygen atoms in total. The van der Waals surface area contributed by atoms with Crippen LogP contribution in [0.5, 0.6) is 0 Å². The highest BCUT2D eigenvalue weighted by Gasteiger charge is 2.42. The lowest BCUT2D eigenvalue weighted by Gasteiger charge is -2.19. The maximum Gasteiger partial charge on any atom is 0.490 e. The summed E-state index contributed by atoms with van der Waals surface area (Å²) < 4.78 is 38.4. The molecule has 0 bridgehead atoms. The molecule has 0 aliphatic carbocycles. The first-order chi connectivity index (χ1) is 4.63. The molecule has 0 aromatic rings. The van der Waals surface area contributed by atoms with Gasteiger partial charge in [0.15, 0.2) is 0 Å². The van der Waals surface area contributed by atoms with Gasteiger partial charge in [-0.05, 0) is 20.8 Å². The van der Waals surface area contributed by atoms with Crippen molar-refractivity contribution < 1.29 is 22.7 Å². The summed E-state index contributed by atoms with van der Waals surface area (Å²) >= 11 is 0. The maximum atomic E-state index is 11.5. The maximum absolute atomic E-state index is 11.5. The van der Waals surface area contributed by atoms with Crippen molar-refractivity contribution in [3.63, 3.8) is 0 Å². The molecule has 0 aromatic heterocycles. The molecule has 1 radical (unpaired) electrons. The fourth-order valence-corrected chi connectivity index (χ4v) is 0.309. The predicted octanol–water partition coefficient (Wildman–Crippen LogP) is 1.70. The van der Waals surface area contributed by atoms with Gasteiger partial charge in [0.1, 0.15) is 5.60 Å². The molecule has 11 heavy (non-hydrogen) atoms. The van der Waals surface area contributed by atoms with Crippen molar-refractivity contribution in [1.29, 1.82) is 0 Å². The van der Waals surface area contributed by atoms with Crippen LogP contribution in [0.3, 0.4) is 0 Å². The summed E-state index contributed by atoms with van der Waals surface area (Å²) in [6, 6.07) is 0. The number of carbonyl (C=O) groups is 1. The third-order valence-electron chi connectivity index (χ3n) is 0.600. The van der Waals surface area contributed by atoms with Gasteiger partial charge in [0, 0.05) is 0 Å². The highest BCUT2D eigenvalue weighted by molar-refractivity contribution is 5.76. The summed E-state index contributed by atoms with van der Waals surface area (Å²) in [6.45, 7) is 5.70. The number of rotatable bonds is 1. The predicted molar refractivity (Wildman–Crippen MR) is 31.6 cm³/mol. The van der Waals surface area contributed by atoms with Crippen LogP contribution in [0.15, 0.2) is 0 Å². The van der Waals surface area contributed by atoms with E-state index in [4.69, 9.17) is 0 Å². The first-order valence-corrected chi connectivity index (χ1v) is 2.78. The molecule has 0 spiro atoms. The summed E-state index contributed by atoms with van der Waals surface area (Å²) in [5.74, 6) is -2.21. The molecule has 65 valence electrons. The minimum Gasteiger partial charge on any atom is -0.453 e. The molecular formula is C6H8F3O2. The Bertz CT molecular complexity index is 154. The Balaban J connectivity index is 4.11. The molecule has 0 amide bonds. The van der Waals surface area contributed by atoms with Crippen molar-refractivity contribution >= 4 is 5.97 Å².